The van der Waals surface area contributed by atoms with Crippen LogP contribution in [0.3, 0.4) is 0 Å². The van der Waals surface area contributed by atoms with Crippen LogP contribution < -0.4 is 5.32 Å². The van der Waals surface area contributed by atoms with E-state index >= 15 is 0 Å². The summed E-state index contributed by atoms with van der Waals surface area (Å²) in [5.74, 6) is 0.0353. The van der Waals surface area contributed by atoms with E-state index < -0.39 is 0 Å². The van der Waals surface area contributed by atoms with Gasteiger partial charge in [0.25, 0.3) is 5.91 Å². The number of aryl methyl sites for hydroxylation is 4. The predicted octanol–water partition coefficient (Wildman–Crippen LogP) is 4.53. The predicted molar refractivity (Wildman–Crippen MR) is 94.6 cm³/mol. The number of rotatable bonds is 3. The summed E-state index contributed by atoms with van der Waals surface area (Å²) < 4.78 is 5.76. The van der Waals surface area contributed by atoms with E-state index in [9.17, 15) is 4.79 Å². The number of carbonyl (C=O) groups excluding carboxylic acids is 1. The summed E-state index contributed by atoms with van der Waals surface area (Å²) in [5.41, 5.74) is 5.18. The van der Waals surface area contributed by atoms with Crippen LogP contribution >= 0.6 is 11.6 Å². The molecule has 2 heterocycles. The van der Waals surface area contributed by atoms with E-state index in [-0.39, 0.29) is 11.9 Å². The molecule has 1 amide bonds. The van der Waals surface area contributed by atoms with E-state index in [2.05, 4.69) is 15.5 Å². The third-order valence-corrected chi connectivity index (χ3v) is 4.59. The first-order valence-corrected chi connectivity index (χ1v) is 8.19. The van der Waals surface area contributed by atoms with Crippen molar-refractivity contribution in [1.82, 2.24) is 15.5 Å². The van der Waals surface area contributed by atoms with Gasteiger partial charge in [0.05, 0.1) is 16.8 Å². The smallest absolute Gasteiger partial charge is 0.287 e. The van der Waals surface area contributed by atoms with Gasteiger partial charge >= 0.3 is 0 Å². The van der Waals surface area contributed by atoms with E-state index in [0.717, 1.165) is 33.5 Å². The fourth-order valence-electron chi connectivity index (χ4n) is 3.16. The largest absolute Gasteiger partial charge is 0.449 e. The number of halogens is 1. The summed E-state index contributed by atoms with van der Waals surface area (Å²) in [5, 5.41) is 11.5. The number of furan rings is 1. The van der Waals surface area contributed by atoms with Gasteiger partial charge in [-0.05, 0) is 52.3 Å². The third kappa shape index (κ3) is 2.69. The molecule has 0 saturated heterocycles. The van der Waals surface area contributed by atoms with E-state index in [1.165, 1.54) is 0 Å². The molecule has 0 saturated carbocycles. The number of hydrogen-bond acceptors (Lipinski definition) is 3. The number of fused-ring (bicyclic) bond motifs is 1. The zero-order valence-corrected chi connectivity index (χ0v) is 15.1. The van der Waals surface area contributed by atoms with Gasteiger partial charge < -0.3 is 9.73 Å². The summed E-state index contributed by atoms with van der Waals surface area (Å²) >= 11 is 6.24. The first-order chi connectivity index (χ1) is 11.3. The number of hydrogen-bond donors (Lipinski definition) is 2. The minimum Gasteiger partial charge on any atom is -0.449 e. The lowest BCUT2D eigenvalue weighted by molar-refractivity contribution is 0.0913. The highest BCUT2D eigenvalue weighted by Gasteiger charge is 2.23. The van der Waals surface area contributed by atoms with E-state index in [1.54, 1.807) is 0 Å². The Bertz CT molecular complexity index is 920. The number of aromatic nitrogens is 2. The summed E-state index contributed by atoms with van der Waals surface area (Å²) in [6.45, 7) is 9.61. The normalized spacial score (nSPS) is 12.6. The molecule has 3 rings (SSSR count). The van der Waals surface area contributed by atoms with Crippen molar-refractivity contribution in [3.05, 3.63) is 51.0 Å². The Kier molecular flexibility index (Phi) is 4.13. The number of nitrogens with zero attached hydrogens (tertiary/aromatic N) is 1. The Balaban J connectivity index is 1.95. The lowest BCUT2D eigenvalue weighted by atomic mass is 10.1. The van der Waals surface area contributed by atoms with Crippen molar-refractivity contribution in [3.63, 3.8) is 0 Å². The van der Waals surface area contributed by atoms with Crippen LogP contribution in [-0.4, -0.2) is 16.1 Å². The maximum atomic E-state index is 12.7. The van der Waals surface area contributed by atoms with Gasteiger partial charge in [-0.3, -0.25) is 9.89 Å². The van der Waals surface area contributed by atoms with Crippen LogP contribution in [0.1, 0.15) is 51.6 Å². The lowest BCUT2D eigenvalue weighted by Crippen LogP contribution is -2.27. The molecular weight excluding hydrogens is 326 g/mol. The molecular formula is C18H20ClN3O2. The molecule has 0 spiro atoms. The minimum atomic E-state index is -0.259. The number of benzene rings is 1. The molecule has 2 aromatic heterocycles. The van der Waals surface area contributed by atoms with Crippen molar-refractivity contribution < 1.29 is 9.21 Å². The zero-order chi connectivity index (χ0) is 17.6. The quantitative estimate of drug-likeness (QED) is 0.732. The number of nitrogens with one attached hydrogen (secondary N) is 2. The second-order valence-electron chi connectivity index (χ2n) is 6.22. The molecule has 6 heteroatoms. The van der Waals surface area contributed by atoms with Crippen LogP contribution in [0.15, 0.2) is 16.5 Å². The minimum absolute atomic E-state index is 0.180. The summed E-state index contributed by atoms with van der Waals surface area (Å²) in [6, 6.07) is 3.63. The highest BCUT2D eigenvalue weighted by molar-refractivity contribution is 6.35. The molecule has 0 aliphatic carbocycles. The molecule has 0 radical (unpaired) electrons. The monoisotopic (exact) mass is 345 g/mol. The Labute approximate surface area is 145 Å². The zero-order valence-electron chi connectivity index (χ0n) is 14.4. The fourth-order valence-corrected chi connectivity index (χ4v) is 3.47. The van der Waals surface area contributed by atoms with Crippen molar-refractivity contribution in [2.24, 2.45) is 0 Å². The van der Waals surface area contributed by atoms with Crippen molar-refractivity contribution in [1.29, 1.82) is 0 Å². The topological polar surface area (TPSA) is 70.9 Å². The highest BCUT2D eigenvalue weighted by atomic mass is 35.5. The Morgan fingerprint density at radius 2 is 2.00 bits per heavy atom. The number of amides is 1. The Hall–Kier alpha value is -2.27. The molecule has 1 aromatic carbocycles. The average Bonchev–Trinajstić information content (AvgIpc) is 3.00. The van der Waals surface area contributed by atoms with E-state index in [1.807, 2.05) is 46.8 Å². The average molecular weight is 346 g/mol. The summed E-state index contributed by atoms with van der Waals surface area (Å²) in [7, 11) is 0. The number of H-pyrrole nitrogens is 1. The number of aromatic amines is 1. The van der Waals surface area contributed by atoms with Crippen molar-refractivity contribution in [2.45, 2.75) is 40.7 Å². The van der Waals surface area contributed by atoms with Gasteiger partial charge in [0.2, 0.25) is 0 Å². The second-order valence-corrected chi connectivity index (χ2v) is 6.63. The van der Waals surface area contributed by atoms with Gasteiger partial charge in [-0.25, -0.2) is 0 Å². The molecule has 0 unspecified atom stereocenters. The molecule has 3 aromatic rings. The Morgan fingerprint density at radius 1 is 1.29 bits per heavy atom. The summed E-state index contributed by atoms with van der Waals surface area (Å²) in [6.07, 6.45) is 0. The summed E-state index contributed by atoms with van der Waals surface area (Å²) in [4.78, 5) is 12.7. The van der Waals surface area contributed by atoms with Gasteiger partial charge in [0.1, 0.15) is 0 Å². The van der Waals surface area contributed by atoms with Crippen LogP contribution in [0.5, 0.6) is 0 Å². The number of carbonyl (C=O) groups is 1. The van der Waals surface area contributed by atoms with Crippen LogP contribution in [0, 0.1) is 27.7 Å². The van der Waals surface area contributed by atoms with Crippen molar-refractivity contribution in [2.75, 3.05) is 0 Å². The molecule has 0 fully saturated rings. The van der Waals surface area contributed by atoms with Gasteiger partial charge in [-0.1, -0.05) is 11.6 Å². The molecule has 0 bridgehead atoms. The molecule has 1 atom stereocenters. The van der Waals surface area contributed by atoms with E-state index in [0.29, 0.717) is 16.4 Å². The van der Waals surface area contributed by atoms with Gasteiger partial charge in [-0.15, -0.1) is 0 Å². The van der Waals surface area contributed by atoms with Crippen molar-refractivity contribution >= 4 is 28.5 Å². The Morgan fingerprint density at radius 3 is 2.62 bits per heavy atom. The molecule has 0 aliphatic rings. The van der Waals surface area contributed by atoms with Gasteiger partial charge in [-0.2, -0.15) is 5.10 Å². The van der Waals surface area contributed by atoms with Gasteiger partial charge in [0, 0.05) is 22.2 Å². The van der Waals surface area contributed by atoms with Crippen molar-refractivity contribution in [3.8, 4) is 0 Å². The second kappa shape index (κ2) is 5.98. The van der Waals surface area contributed by atoms with Crippen LogP contribution in [0.25, 0.3) is 11.0 Å². The first-order valence-electron chi connectivity index (χ1n) is 7.81. The van der Waals surface area contributed by atoms with Crippen LogP contribution in [0.4, 0.5) is 0 Å². The molecule has 5 nitrogen and oxygen atoms in total. The van der Waals surface area contributed by atoms with E-state index in [4.69, 9.17) is 16.0 Å². The first kappa shape index (κ1) is 16.6. The van der Waals surface area contributed by atoms with Gasteiger partial charge in [0.15, 0.2) is 11.3 Å². The standard InChI is InChI=1S/C18H20ClN3O2/c1-8-6-13-9(2)16(24-17(13)14(19)7-8)18(23)20-10(3)15-11(4)21-22-12(15)5/h6-7,10H,1-5H3,(H,20,23)(H,21,22)/t10-/m0/s1. The fraction of sp³-hybridized carbons (Fsp3) is 0.333. The maximum absolute atomic E-state index is 12.7. The highest BCUT2D eigenvalue weighted by Crippen LogP contribution is 2.32. The molecule has 2 N–H and O–H groups in total. The third-order valence-electron chi connectivity index (χ3n) is 4.31. The molecule has 24 heavy (non-hydrogen) atoms. The molecule has 126 valence electrons. The molecule has 0 aliphatic heterocycles. The lowest BCUT2D eigenvalue weighted by Gasteiger charge is -2.13. The maximum Gasteiger partial charge on any atom is 0.287 e. The van der Waals surface area contributed by atoms with Crippen LogP contribution in [-0.2, 0) is 0 Å². The SMILES string of the molecule is Cc1cc(Cl)c2oc(C(=O)N[C@@H](C)c3c(C)n[nH]c3C)c(C)c2c1. The van der Waals surface area contributed by atoms with Crippen LogP contribution in [0.2, 0.25) is 5.02 Å².